The van der Waals surface area contributed by atoms with Crippen molar-refractivity contribution in [1.29, 1.82) is 5.26 Å². The highest BCUT2D eigenvalue weighted by Crippen LogP contribution is 2.45. The lowest BCUT2D eigenvalue weighted by Crippen LogP contribution is -2.33. The number of likely N-dealkylation sites (tertiary alicyclic amines) is 1. The number of hydrogen-bond acceptors (Lipinski definition) is 6. The zero-order valence-electron chi connectivity index (χ0n) is 19.2. The molecule has 0 amide bonds. The summed E-state index contributed by atoms with van der Waals surface area (Å²) in [5, 5.41) is 12.7. The van der Waals surface area contributed by atoms with Crippen molar-refractivity contribution in [3.8, 4) is 11.8 Å². The smallest absolute Gasteiger partial charge is 0.323 e. The van der Waals surface area contributed by atoms with Crippen molar-refractivity contribution in [2.45, 2.75) is 25.9 Å². The van der Waals surface area contributed by atoms with Crippen molar-refractivity contribution in [2.75, 3.05) is 32.8 Å². The number of hydrogen-bond donors (Lipinski definition) is 1. The third kappa shape index (κ3) is 5.91. The monoisotopic (exact) mass is 469 g/mol. The van der Waals surface area contributed by atoms with Gasteiger partial charge >= 0.3 is 5.97 Å². The van der Waals surface area contributed by atoms with Crippen LogP contribution in [-0.2, 0) is 22.5 Å². The van der Waals surface area contributed by atoms with Gasteiger partial charge in [0.05, 0.1) is 12.7 Å². The summed E-state index contributed by atoms with van der Waals surface area (Å²) in [4.78, 5) is 14.0. The number of halogens is 2. The maximum absolute atomic E-state index is 13.9. The van der Waals surface area contributed by atoms with E-state index in [0.29, 0.717) is 43.0 Å². The van der Waals surface area contributed by atoms with Crippen molar-refractivity contribution < 1.29 is 23.0 Å². The third-order valence-electron chi connectivity index (χ3n) is 6.52. The van der Waals surface area contributed by atoms with Gasteiger partial charge in [-0.15, -0.1) is 0 Å². The van der Waals surface area contributed by atoms with Crippen LogP contribution in [0.25, 0.3) is 0 Å². The van der Waals surface area contributed by atoms with Crippen LogP contribution in [-0.4, -0.2) is 49.8 Å². The summed E-state index contributed by atoms with van der Waals surface area (Å²) < 4.78 is 37.7. The standard InChI is InChI=1S/C26H29F2N3O3/c1-2-33-26(32)19(13-29)11-17-3-7-21(8-4-17)34-10-9-30-25-22-15-31(16-23(22)25)14-18-5-6-20(27)12-24(18)28/h3-8,12,19,22-23,25,30H,2,9-11,14-16H2,1H3/t19?,22-,23+,25?. The first-order valence-electron chi connectivity index (χ1n) is 11.7. The number of piperidine rings is 1. The zero-order chi connectivity index (χ0) is 24.1. The molecule has 1 saturated carbocycles. The van der Waals surface area contributed by atoms with Gasteiger partial charge in [-0.25, -0.2) is 8.78 Å². The lowest BCUT2D eigenvalue weighted by molar-refractivity contribution is -0.145. The molecule has 1 aliphatic carbocycles. The fourth-order valence-electron chi connectivity index (χ4n) is 4.71. The Bertz CT molecular complexity index is 1030. The Morgan fingerprint density at radius 3 is 2.59 bits per heavy atom. The molecule has 2 unspecified atom stereocenters. The molecule has 34 heavy (non-hydrogen) atoms. The summed E-state index contributed by atoms with van der Waals surface area (Å²) >= 11 is 0. The van der Waals surface area contributed by atoms with Gasteiger partial charge in [0, 0.05) is 43.9 Å². The summed E-state index contributed by atoms with van der Waals surface area (Å²) in [5.41, 5.74) is 1.41. The highest BCUT2D eigenvalue weighted by Gasteiger charge is 2.55. The molecule has 1 heterocycles. The Labute approximate surface area is 198 Å². The molecule has 180 valence electrons. The molecule has 4 rings (SSSR count). The van der Waals surface area contributed by atoms with Crippen LogP contribution in [0.5, 0.6) is 5.75 Å². The van der Waals surface area contributed by atoms with Crippen LogP contribution in [0.1, 0.15) is 18.1 Å². The Kier molecular flexibility index (Phi) is 7.76. The van der Waals surface area contributed by atoms with Crippen LogP contribution in [0.4, 0.5) is 8.78 Å². The number of carbonyl (C=O) groups excluding carboxylic acids is 1. The molecular weight excluding hydrogens is 440 g/mol. The maximum atomic E-state index is 13.9. The molecule has 1 N–H and O–H groups in total. The van der Waals surface area contributed by atoms with Crippen LogP contribution in [0.2, 0.25) is 0 Å². The second-order valence-electron chi connectivity index (χ2n) is 8.87. The average molecular weight is 470 g/mol. The number of nitrogens with one attached hydrogen (secondary N) is 1. The van der Waals surface area contributed by atoms with Crippen LogP contribution in [0, 0.1) is 40.7 Å². The lowest BCUT2D eigenvalue weighted by atomic mass is 10.0. The van der Waals surface area contributed by atoms with E-state index in [4.69, 9.17) is 9.47 Å². The van der Waals surface area contributed by atoms with E-state index < -0.39 is 23.5 Å². The molecule has 1 aliphatic heterocycles. The van der Waals surface area contributed by atoms with Gasteiger partial charge in [-0.2, -0.15) is 5.26 Å². The molecular formula is C26H29F2N3O3. The summed E-state index contributed by atoms with van der Waals surface area (Å²) in [7, 11) is 0. The number of nitrogens with zero attached hydrogens (tertiary/aromatic N) is 2. The molecule has 0 spiro atoms. The molecule has 4 atom stereocenters. The van der Waals surface area contributed by atoms with Gasteiger partial charge in [-0.3, -0.25) is 9.69 Å². The Morgan fingerprint density at radius 1 is 1.21 bits per heavy atom. The minimum atomic E-state index is -0.806. The quantitative estimate of drug-likeness (QED) is 0.402. The fraction of sp³-hybridized carbons (Fsp3) is 0.462. The predicted octanol–water partition coefficient (Wildman–Crippen LogP) is 3.31. The largest absolute Gasteiger partial charge is 0.492 e. The van der Waals surface area contributed by atoms with Gasteiger partial charge in [0.15, 0.2) is 0 Å². The molecule has 2 aromatic rings. The normalized spacial score (nSPS) is 22.0. The van der Waals surface area contributed by atoms with Gasteiger partial charge in [0.25, 0.3) is 0 Å². The van der Waals surface area contributed by atoms with Gasteiger partial charge in [0.2, 0.25) is 0 Å². The predicted molar refractivity (Wildman–Crippen MR) is 122 cm³/mol. The second-order valence-corrected chi connectivity index (χ2v) is 8.87. The van der Waals surface area contributed by atoms with Gasteiger partial charge < -0.3 is 14.8 Å². The van der Waals surface area contributed by atoms with E-state index in [1.807, 2.05) is 30.3 Å². The maximum Gasteiger partial charge on any atom is 0.323 e. The average Bonchev–Trinajstić information content (AvgIpc) is 3.27. The van der Waals surface area contributed by atoms with Crippen LogP contribution >= 0.6 is 0 Å². The zero-order valence-corrected chi connectivity index (χ0v) is 19.2. The minimum Gasteiger partial charge on any atom is -0.492 e. The number of fused-ring (bicyclic) bond motifs is 1. The molecule has 8 heteroatoms. The molecule has 0 radical (unpaired) electrons. The molecule has 6 nitrogen and oxygen atoms in total. The first kappa shape index (κ1) is 24.1. The third-order valence-corrected chi connectivity index (χ3v) is 6.52. The Balaban J connectivity index is 1.13. The second kappa shape index (κ2) is 10.9. The number of rotatable bonds is 11. The number of benzene rings is 2. The highest BCUT2D eigenvalue weighted by atomic mass is 19.1. The molecule has 1 saturated heterocycles. The fourth-order valence-corrected chi connectivity index (χ4v) is 4.71. The molecule has 2 aliphatic rings. The SMILES string of the molecule is CCOC(=O)C(C#N)Cc1ccc(OCCNC2[C@H]3CN(Cc4ccc(F)cc4F)C[C@@H]23)cc1. The molecule has 2 aromatic carbocycles. The van der Waals surface area contributed by atoms with E-state index in [1.54, 1.807) is 6.92 Å². The number of ether oxygens (including phenoxy) is 2. The first-order valence-corrected chi connectivity index (χ1v) is 11.7. The van der Waals surface area contributed by atoms with E-state index in [2.05, 4.69) is 10.2 Å². The number of nitriles is 1. The minimum absolute atomic E-state index is 0.258. The Hall–Kier alpha value is -3.02. The Morgan fingerprint density at radius 2 is 1.94 bits per heavy atom. The van der Waals surface area contributed by atoms with Gasteiger partial charge in [0.1, 0.15) is 29.9 Å². The van der Waals surface area contributed by atoms with E-state index in [9.17, 15) is 18.8 Å². The molecule has 0 aromatic heterocycles. The van der Waals surface area contributed by atoms with Crippen molar-refractivity contribution in [2.24, 2.45) is 17.8 Å². The van der Waals surface area contributed by atoms with Gasteiger partial charge in [-0.1, -0.05) is 18.2 Å². The summed E-state index contributed by atoms with van der Waals surface area (Å²) in [6, 6.07) is 13.6. The van der Waals surface area contributed by atoms with Crippen LogP contribution < -0.4 is 10.1 Å². The van der Waals surface area contributed by atoms with Crippen molar-refractivity contribution in [3.63, 3.8) is 0 Å². The topological polar surface area (TPSA) is 74.6 Å². The molecule has 2 fully saturated rings. The van der Waals surface area contributed by atoms with E-state index in [0.717, 1.165) is 37.0 Å². The first-order chi connectivity index (χ1) is 16.5. The highest BCUT2D eigenvalue weighted by molar-refractivity contribution is 5.75. The lowest BCUT2D eigenvalue weighted by Gasteiger charge is -2.20. The van der Waals surface area contributed by atoms with Crippen molar-refractivity contribution >= 4 is 5.97 Å². The van der Waals surface area contributed by atoms with Crippen LogP contribution in [0.15, 0.2) is 42.5 Å². The summed E-state index contributed by atoms with van der Waals surface area (Å²) in [5.74, 6) is -0.463. The summed E-state index contributed by atoms with van der Waals surface area (Å²) in [6.45, 7) is 5.58. The number of carbonyl (C=O) groups is 1. The van der Waals surface area contributed by atoms with E-state index in [-0.39, 0.29) is 6.61 Å². The summed E-state index contributed by atoms with van der Waals surface area (Å²) in [6.07, 6.45) is 0.312. The molecule has 0 bridgehead atoms. The van der Waals surface area contributed by atoms with Gasteiger partial charge in [-0.05, 0) is 48.9 Å². The van der Waals surface area contributed by atoms with Crippen molar-refractivity contribution in [3.05, 3.63) is 65.2 Å². The van der Waals surface area contributed by atoms with E-state index >= 15 is 0 Å². The number of esters is 1. The van der Waals surface area contributed by atoms with Crippen LogP contribution in [0.3, 0.4) is 0 Å². The van der Waals surface area contributed by atoms with Crippen molar-refractivity contribution in [1.82, 2.24) is 10.2 Å². The van der Waals surface area contributed by atoms with E-state index in [1.165, 1.54) is 12.1 Å².